The Hall–Kier alpha value is -2.82. The summed E-state index contributed by atoms with van der Waals surface area (Å²) in [5.41, 5.74) is 2.88. The van der Waals surface area contributed by atoms with Crippen molar-refractivity contribution in [3.05, 3.63) is 59.7 Å². The first-order valence-corrected chi connectivity index (χ1v) is 9.34. The third kappa shape index (κ3) is 4.88. The van der Waals surface area contributed by atoms with Gasteiger partial charge in [0, 0.05) is 19.0 Å². The van der Waals surface area contributed by atoms with E-state index < -0.39 is 0 Å². The van der Waals surface area contributed by atoms with E-state index in [4.69, 9.17) is 4.74 Å². The van der Waals surface area contributed by atoms with E-state index in [0.717, 1.165) is 11.1 Å². The number of carbonyl (C=O) groups excluding carboxylic acids is 2. The van der Waals surface area contributed by atoms with Crippen molar-refractivity contribution in [3.63, 3.8) is 0 Å². The van der Waals surface area contributed by atoms with Gasteiger partial charge >= 0.3 is 0 Å². The van der Waals surface area contributed by atoms with Gasteiger partial charge in [-0.05, 0) is 37.5 Å². The summed E-state index contributed by atoms with van der Waals surface area (Å²) >= 11 is 0. The first-order valence-electron chi connectivity index (χ1n) is 9.34. The monoisotopic (exact) mass is 366 g/mol. The summed E-state index contributed by atoms with van der Waals surface area (Å²) in [5, 5.41) is 2.95. The minimum Gasteiger partial charge on any atom is -0.495 e. The summed E-state index contributed by atoms with van der Waals surface area (Å²) in [6.07, 6.45) is 1.78. The summed E-state index contributed by atoms with van der Waals surface area (Å²) in [6.45, 7) is 3.27. The van der Waals surface area contributed by atoms with Crippen LogP contribution in [0.15, 0.2) is 48.5 Å². The minimum absolute atomic E-state index is 0.00900. The molecule has 0 unspecified atom stereocenters. The van der Waals surface area contributed by atoms with Gasteiger partial charge in [-0.1, -0.05) is 42.0 Å². The highest BCUT2D eigenvalue weighted by molar-refractivity contribution is 5.94. The maximum atomic E-state index is 12.6. The molecule has 27 heavy (non-hydrogen) atoms. The number of rotatable bonds is 5. The predicted octanol–water partition coefficient (Wildman–Crippen LogP) is 3.42. The van der Waals surface area contributed by atoms with E-state index in [9.17, 15) is 9.59 Å². The molecule has 2 aromatic carbocycles. The second-order valence-electron chi connectivity index (χ2n) is 7.01. The van der Waals surface area contributed by atoms with Gasteiger partial charge in [0.25, 0.3) is 0 Å². The third-order valence-corrected chi connectivity index (χ3v) is 5.02. The van der Waals surface area contributed by atoms with E-state index in [1.165, 1.54) is 0 Å². The molecule has 1 aliphatic heterocycles. The lowest BCUT2D eigenvalue weighted by Gasteiger charge is -2.31. The maximum absolute atomic E-state index is 12.6. The first-order chi connectivity index (χ1) is 13.1. The first kappa shape index (κ1) is 19.0. The molecule has 0 saturated carbocycles. The molecule has 0 atom stereocenters. The fraction of sp³-hybridized carbons (Fsp3) is 0.364. The summed E-state index contributed by atoms with van der Waals surface area (Å²) < 4.78 is 5.28. The lowest BCUT2D eigenvalue weighted by atomic mass is 9.95. The molecular formula is C22H26N2O3. The molecule has 0 spiro atoms. The second kappa shape index (κ2) is 8.71. The van der Waals surface area contributed by atoms with E-state index in [0.29, 0.717) is 43.8 Å². The summed E-state index contributed by atoms with van der Waals surface area (Å²) in [6, 6.07) is 15.4. The number of likely N-dealkylation sites (tertiary alicyclic amines) is 1. The van der Waals surface area contributed by atoms with Gasteiger partial charge in [-0.3, -0.25) is 9.59 Å². The number of carbonyl (C=O) groups is 2. The molecule has 1 N–H and O–H groups in total. The lowest BCUT2D eigenvalue weighted by molar-refractivity contribution is -0.133. The van der Waals surface area contributed by atoms with Gasteiger partial charge in [0.15, 0.2) is 0 Å². The molecule has 1 heterocycles. The van der Waals surface area contributed by atoms with Crippen molar-refractivity contribution in [2.75, 3.05) is 25.5 Å². The van der Waals surface area contributed by atoms with Crippen molar-refractivity contribution < 1.29 is 14.3 Å². The average molecular weight is 366 g/mol. The van der Waals surface area contributed by atoms with Crippen LogP contribution in [-0.4, -0.2) is 36.9 Å². The zero-order valence-electron chi connectivity index (χ0n) is 15.9. The molecule has 1 saturated heterocycles. The zero-order valence-corrected chi connectivity index (χ0v) is 15.9. The Balaban J connectivity index is 1.52. The predicted molar refractivity (Wildman–Crippen MR) is 106 cm³/mol. The van der Waals surface area contributed by atoms with Crippen LogP contribution >= 0.6 is 0 Å². The average Bonchev–Trinajstić information content (AvgIpc) is 2.68. The van der Waals surface area contributed by atoms with Crippen LogP contribution < -0.4 is 10.1 Å². The van der Waals surface area contributed by atoms with Crippen molar-refractivity contribution in [2.24, 2.45) is 5.92 Å². The number of ether oxygens (including phenoxy) is 1. The van der Waals surface area contributed by atoms with Crippen LogP contribution in [0.1, 0.15) is 24.0 Å². The normalized spacial score (nSPS) is 14.7. The standard InChI is InChI=1S/C22H26N2O3/c1-16-6-5-7-17(14-16)15-21(25)24-12-10-18(11-13-24)22(26)23-19-8-3-4-9-20(19)27-2/h3-9,14,18H,10-13,15H2,1-2H3,(H,23,26). The van der Waals surface area contributed by atoms with Gasteiger partial charge in [-0.25, -0.2) is 0 Å². The van der Waals surface area contributed by atoms with Crippen LogP contribution in [0.2, 0.25) is 0 Å². The van der Waals surface area contributed by atoms with Crippen LogP contribution in [0.5, 0.6) is 5.75 Å². The van der Waals surface area contributed by atoms with Crippen LogP contribution in [0, 0.1) is 12.8 Å². The number of benzene rings is 2. The van der Waals surface area contributed by atoms with Gasteiger partial charge in [0.1, 0.15) is 5.75 Å². The number of hydrogen-bond donors (Lipinski definition) is 1. The molecule has 0 aliphatic carbocycles. The van der Waals surface area contributed by atoms with E-state index in [1.807, 2.05) is 60.4 Å². The van der Waals surface area contributed by atoms with Crippen molar-refractivity contribution in [3.8, 4) is 5.75 Å². The minimum atomic E-state index is -0.0852. The van der Waals surface area contributed by atoms with E-state index in [1.54, 1.807) is 7.11 Å². The van der Waals surface area contributed by atoms with Gasteiger partial charge in [-0.2, -0.15) is 0 Å². The summed E-state index contributed by atoms with van der Waals surface area (Å²) in [7, 11) is 1.59. The Morgan fingerprint density at radius 2 is 1.85 bits per heavy atom. The fourth-order valence-corrected chi connectivity index (χ4v) is 3.48. The number of anilines is 1. The molecule has 1 aliphatic rings. The molecule has 142 valence electrons. The van der Waals surface area contributed by atoms with Crippen LogP contribution in [0.25, 0.3) is 0 Å². The van der Waals surface area contributed by atoms with Gasteiger partial charge < -0.3 is 15.0 Å². The number of para-hydroxylation sites is 2. The SMILES string of the molecule is COc1ccccc1NC(=O)C1CCN(C(=O)Cc2cccc(C)c2)CC1. The maximum Gasteiger partial charge on any atom is 0.227 e. The van der Waals surface area contributed by atoms with E-state index in [-0.39, 0.29) is 17.7 Å². The van der Waals surface area contributed by atoms with Crippen molar-refractivity contribution in [2.45, 2.75) is 26.2 Å². The second-order valence-corrected chi connectivity index (χ2v) is 7.01. The smallest absolute Gasteiger partial charge is 0.227 e. The molecule has 0 bridgehead atoms. The number of amides is 2. The van der Waals surface area contributed by atoms with Crippen molar-refractivity contribution >= 4 is 17.5 Å². The van der Waals surface area contributed by atoms with Crippen LogP contribution in [-0.2, 0) is 16.0 Å². The number of nitrogens with zero attached hydrogens (tertiary/aromatic N) is 1. The molecule has 0 radical (unpaired) electrons. The molecule has 2 aromatic rings. The Labute approximate surface area is 160 Å². The summed E-state index contributed by atoms with van der Waals surface area (Å²) in [4.78, 5) is 27.0. The van der Waals surface area contributed by atoms with Gasteiger partial charge in [-0.15, -0.1) is 0 Å². The van der Waals surface area contributed by atoms with Crippen molar-refractivity contribution in [1.82, 2.24) is 4.90 Å². The Kier molecular flexibility index (Phi) is 6.12. The number of hydrogen-bond acceptors (Lipinski definition) is 3. The lowest BCUT2D eigenvalue weighted by Crippen LogP contribution is -2.42. The van der Waals surface area contributed by atoms with Gasteiger partial charge in [0.2, 0.25) is 11.8 Å². The Morgan fingerprint density at radius 3 is 2.56 bits per heavy atom. The topological polar surface area (TPSA) is 58.6 Å². The highest BCUT2D eigenvalue weighted by Gasteiger charge is 2.27. The molecule has 5 nitrogen and oxygen atoms in total. The molecule has 1 fully saturated rings. The number of nitrogens with one attached hydrogen (secondary N) is 1. The molecule has 2 amide bonds. The highest BCUT2D eigenvalue weighted by Crippen LogP contribution is 2.26. The Morgan fingerprint density at radius 1 is 1.11 bits per heavy atom. The van der Waals surface area contributed by atoms with E-state index in [2.05, 4.69) is 5.32 Å². The van der Waals surface area contributed by atoms with Gasteiger partial charge in [0.05, 0.1) is 19.2 Å². The number of aryl methyl sites for hydroxylation is 1. The number of piperidine rings is 1. The quantitative estimate of drug-likeness (QED) is 0.882. The van der Waals surface area contributed by atoms with Crippen molar-refractivity contribution in [1.29, 1.82) is 0 Å². The molecular weight excluding hydrogens is 340 g/mol. The Bertz CT molecular complexity index is 811. The molecule has 5 heteroatoms. The highest BCUT2D eigenvalue weighted by atomic mass is 16.5. The molecule has 3 rings (SSSR count). The molecule has 0 aromatic heterocycles. The largest absolute Gasteiger partial charge is 0.495 e. The van der Waals surface area contributed by atoms with E-state index >= 15 is 0 Å². The third-order valence-electron chi connectivity index (χ3n) is 5.02. The zero-order chi connectivity index (χ0) is 19.2. The summed E-state index contributed by atoms with van der Waals surface area (Å²) in [5.74, 6) is 0.684. The van der Waals surface area contributed by atoms with Crippen LogP contribution in [0.3, 0.4) is 0 Å². The fourth-order valence-electron chi connectivity index (χ4n) is 3.48. The number of methoxy groups -OCH3 is 1. The van der Waals surface area contributed by atoms with Crippen LogP contribution in [0.4, 0.5) is 5.69 Å².